The van der Waals surface area contributed by atoms with Crippen molar-refractivity contribution in [1.82, 2.24) is 25.1 Å². The molecule has 3 heterocycles. The van der Waals surface area contributed by atoms with Crippen molar-refractivity contribution in [2.24, 2.45) is 0 Å². The van der Waals surface area contributed by atoms with Crippen LogP contribution in [0.5, 0.6) is 0 Å². The molecule has 0 saturated carbocycles. The summed E-state index contributed by atoms with van der Waals surface area (Å²) in [6.07, 6.45) is 2.34. The van der Waals surface area contributed by atoms with Crippen molar-refractivity contribution in [3.8, 4) is 0 Å². The van der Waals surface area contributed by atoms with E-state index in [0.717, 1.165) is 23.5 Å². The number of nitrogens with zero attached hydrogens (tertiary/aromatic N) is 3. The number of nitrogens with one attached hydrogen (secondary N) is 2. The Kier molecular flexibility index (Phi) is 3.52. The van der Waals surface area contributed by atoms with E-state index in [1.807, 2.05) is 11.0 Å². The largest absolute Gasteiger partial charge is 0.480 e. The number of aromatic amines is 2. The quantitative estimate of drug-likeness (QED) is 0.800. The molecule has 118 valence electrons. The topological polar surface area (TPSA) is 97.9 Å². The van der Waals surface area contributed by atoms with Gasteiger partial charge in [0.05, 0.1) is 17.7 Å². The number of rotatable bonds is 3. The number of carboxylic acids is 1. The van der Waals surface area contributed by atoms with Crippen LogP contribution in [0.3, 0.4) is 0 Å². The molecule has 22 heavy (non-hydrogen) atoms. The van der Waals surface area contributed by atoms with Crippen LogP contribution in [0.15, 0.2) is 12.4 Å². The molecule has 1 aliphatic rings. The van der Waals surface area contributed by atoms with Gasteiger partial charge in [0, 0.05) is 36.3 Å². The lowest BCUT2D eigenvalue weighted by Gasteiger charge is -2.31. The first-order valence-electron chi connectivity index (χ1n) is 7.40. The molecule has 0 aliphatic carbocycles. The van der Waals surface area contributed by atoms with Crippen molar-refractivity contribution in [3.63, 3.8) is 0 Å². The molecule has 2 aromatic rings. The van der Waals surface area contributed by atoms with Crippen molar-refractivity contribution in [2.45, 2.75) is 45.2 Å². The van der Waals surface area contributed by atoms with E-state index in [4.69, 9.17) is 0 Å². The van der Waals surface area contributed by atoms with Gasteiger partial charge in [-0.2, -0.15) is 5.10 Å². The second-order valence-corrected chi connectivity index (χ2v) is 6.76. The van der Waals surface area contributed by atoms with Gasteiger partial charge in [0.1, 0.15) is 0 Å². The van der Waals surface area contributed by atoms with E-state index in [0.29, 0.717) is 18.8 Å². The highest BCUT2D eigenvalue weighted by molar-refractivity contribution is 5.75. The molecular weight excluding hydrogens is 282 g/mol. The van der Waals surface area contributed by atoms with E-state index in [-0.39, 0.29) is 5.41 Å². The van der Waals surface area contributed by atoms with E-state index in [1.165, 1.54) is 0 Å². The standard InChI is InChI=1S/C15H21N5O2/c1-15(2,3)11-6-9(18-19-11)7-20-5-4-10-12(17-8-16-10)13(20)14(21)22/h6,8,13H,4-5,7H2,1-3H3,(H,16,17)(H,18,19)(H,21,22)/t13-/m1/s1. The molecular formula is C15H21N5O2. The highest BCUT2D eigenvalue weighted by Crippen LogP contribution is 2.29. The molecule has 0 saturated heterocycles. The first-order valence-corrected chi connectivity index (χ1v) is 7.40. The summed E-state index contributed by atoms with van der Waals surface area (Å²) in [4.78, 5) is 20.8. The number of carboxylic acid groups (broad SMARTS) is 1. The molecule has 0 radical (unpaired) electrons. The van der Waals surface area contributed by atoms with Crippen molar-refractivity contribution in [1.29, 1.82) is 0 Å². The summed E-state index contributed by atoms with van der Waals surface area (Å²) < 4.78 is 0. The van der Waals surface area contributed by atoms with Gasteiger partial charge in [-0.3, -0.25) is 14.8 Å². The predicted molar refractivity (Wildman–Crippen MR) is 80.4 cm³/mol. The minimum Gasteiger partial charge on any atom is -0.480 e. The molecule has 0 amide bonds. The molecule has 0 spiro atoms. The van der Waals surface area contributed by atoms with Crippen LogP contribution in [0.2, 0.25) is 0 Å². The van der Waals surface area contributed by atoms with E-state index in [2.05, 4.69) is 40.9 Å². The van der Waals surface area contributed by atoms with Gasteiger partial charge in [-0.1, -0.05) is 20.8 Å². The van der Waals surface area contributed by atoms with Crippen molar-refractivity contribution >= 4 is 5.97 Å². The SMILES string of the molecule is CC(C)(C)c1cc(CN2CCc3[nH]cnc3[C@@H]2C(=O)O)[nH]n1. The minimum absolute atomic E-state index is 0.0296. The molecule has 0 bridgehead atoms. The Morgan fingerprint density at radius 3 is 2.91 bits per heavy atom. The highest BCUT2D eigenvalue weighted by atomic mass is 16.4. The van der Waals surface area contributed by atoms with Gasteiger partial charge < -0.3 is 10.1 Å². The summed E-state index contributed by atoms with van der Waals surface area (Å²) in [6.45, 7) is 7.50. The van der Waals surface area contributed by atoms with Crippen LogP contribution >= 0.6 is 0 Å². The van der Waals surface area contributed by atoms with Crippen LogP contribution in [0.25, 0.3) is 0 Å². The Hall–Kier alpha value is -2.15. The maximum absolute atomic E-state index is 11.7. The van der Waals surface area contributed by atoms with Crippen LogP contribution in [0, 0.1) is 0 Å². The Balaban J connectivity index is 1.83. The Bertz CT molecular complexity index is 682. The van der Waals surface area contributed by atoms with Gasteiger partial charge in [0.2, 0.25) is 0 Å². The average Bonchev–Trinajstić information content (AvgIpc) is 3.05. The van der Waals surface area contributed by atoms with Crippen molar-refractivity contribution in [3.05, 3.63) is 35.2 Å². The Morgan fingerprint density at radius 2 is 2.27 bits per heavy atom. The molecule has 0 aromatic carbocycles. The maximum atomic E-state index is 11.7. The second kappa shape index (κ2) is 5.24. The van der Waals surface area contributed by atoms with Gasteiger partial charge in [-0.05, 0) is 6.07 Å². The first kappa shape index (κ1) is 14.8. The number of carbonyl (C=O) groups is 1. The zero-order valence-corrected chi connectivity index (χ0v) is 13.1. The Morgan fingerprint density at radius 1 is 1.50 bits per heavy atom. The summed E-state index contributed by atoms with van der Waals surface area (Å²) in [7, 11) is 0. The van der Waals surface area contributed by atoms with Gasteiger partial charge >= 0.3 is 5.97 Å². The van der Waals surface area contributed by atoms with E-state index < -0.39 is 12.0 Å². The molecule has 2 aromatic heterocycles. The van der Waals surface area contributed by atoms with E-state index >= 15 is 0 Å². The molecule has 1 aliphatic heterocycles. The van der Waals surface area contributed by atoms with Gasteiger partial charge in [-0.15, -0.1) is 0 Å². The highest BCUT2D eigenvalue weighted by Gasteiger charge is 2.35. The zero-order chi connectivity index (χ0) is 15.9. The summed E-state index contributed by atoms with van der Waals surface area (Å²) in [6, 6.07) is 1.30. The second-order valence-electron chi connectivity index (χ2n) is 6.76. The van der Waals surface area contributed by atoms with Crippen LogP contribution in [0.1, 0.15) is 49.6 Å². The van der Waals surface area contributed by atoms with Crippen LogP contribution < -0.4 is 0 Å². The number of aliphatic carboxylic acids is 1. The lowest BCUT2D eigenvalue weighted by atomic mass is 9.92. The predicted octanol–water partition coefficient (Wildman–Crippen LogP) is 1.61. The number of hydrogen-bond acceptors (Lipinski definition) is 4. The smallest absolute Gasteiger partial charge is 0.327 e. The summed E-state index contributed by atoms with van der Waals surface area (Å²) >= 11 is 0. The van der Waals surface area contributed by atoms with Crippen LogP contribution in [-0.2, 0) is 23.2 Å². The van der Waals surface area contributed by atoms with Crippen molar-refractivity contribution < 1.29 is 9.90 Å². The van der Waals surface area contributed by atoms with Gasteiger partial charge in [0.25, 0.3) is 0 Å². The third-order valence-electron chi connectivity index (χ3n) is 4.03. The molecule has 1 atom stereocenters. The minimum atomic E-state index is -0.872. The van der Waals surface area contributed by atoms with Crippen LogP contribution in [-0.4, -0.2) is 42.7 Å². The molecule has 7 nitrogen and oxygen atoms in total. The number of aromatic nitrogens is 4. The third-order valence-corrected chi connectivity index (χ3v) is 4.03. The fourth-order valence-electron chi connectivity index (χ4n) is 2.81. The fourth-order valence-corrected chi connectivity index (χ4v) is 2.81. The summed E-state index contributed by atoms with van der Waals surface area (Å²) in [5, 5.41) is 16.9. The molecule has 3 rings (SSSR count). The van der Waals surface area contributed by atoms with Crippen molar-refractivity contribution in [2.75, 3.05) is 6.54 Å². The monoisotopic (exact) mass is 303 g/mol. The van der Waals surface area contributed by atoms with Gasteiger partial charge in [-0.25, -0.2) is 4.98 Å². The molecule has 7 heteroatoms. The number of imidazole rings is 1. The van der Waals surface area contributed by atoms with Gasteiger partial charge in [0.15, 0.2) is 6.04 Å². The summed E-state index contributed by atoms with van der Waals surface area (Å²) in [5.41, 5.74) is 3.41. The number of fused-ring (bicyclic) bond motifs is 1. The first-order chi connectivity index (χ1) is 10.4. The maximum Gasteiger partial charge on any atom is 0.327 e. The summed E-state index contributed by atoms with van der Waals surface area (Å²) in [5.74, 6) is -0.872. The lowest BCUT2D eigenvalue weighted by molar-refractivity contribution is -0.144. The number of H-pyrrole nitrogens is 2. The normalized spacial score (nSPS) is 19.1. The number of hydrogen-bond donors (Lipinski definition) is 3. The van der Waals surface area contributed by atoms with E-state index in [1.54, 1.807) is 6.33 Å². The average molecular weight is 303 g/mol. The van der Waals surface area contributed by atoms with E-state index in [9.17, 15) is 9.90 Å². The molecule has 0 unspecified atom stereocenters. The Labute approximate surface area is 128 Å². The fraction of sp³-hybridized carbons (Fsp3) is 0.533. The molecule has 3 N–H and O–H groups in total. The van der Waals surface area contributed by atoms with Crippen LogP contribution in [0.4, 0.5) is 0 Å². The third kappa shape index (κ3) is 2.64. The molecule has 0 fully saturated rings. The lowest BCUT2D eigenvalue weighted by Crippen LogP contribution is -2.39. The zero-order valence-electron chi connectivity index (χ0n) is 13.1.